The summed E-state index contributed by atoms with van der Waals surface area (Å²) in [5.41, 5.74) is 22.5. The Morgan fingerprint density at radius 2 is 1.34 bits per heavy atom. The molecule has 8 rings (SSSR count). The van der Waals surface area contributed by atoms with Gasteiger partial charge in [-0.15, -0.1) is 0 Å². The fourth-order valence-electron chi connectivity index (χ4n) is 11.8. The van der Waals surface area contributed by atoms with E-state index >= 15 is 0 Å². The fraction of sp³-hybridized carbons (Fsp3) is 0.375. The van der Waals surface area contributed by atoms with Crippen molar-refractivity contribution in [1.29, 1.82) is 0 Å². The highest BCUT2D eigenvalue weighted by Crippen LogP contribution is 2.51. The molecule has 446 valence electrons. The van der Waals surface area contributed by atoms with Gasteiger partial charge in [0.1, 0.15) is 24.2 Å². The van der Waals surface area contributed by atoms with Gasteiger partial charge in [-0.2, -0.15) is 4.58 Å². The second kappa shape index (κ2) is 27.3. The quantitative estimate of drug-likeness (QED) is 0.0446. The lowest BCUT2D eigenvalue weighted by Crippen LogP contribution is -2.58. The first-order valence-electron chi connectivity index (χ1n) is 28.8. The highest BCUT2D eigenvalue weighted by Gasteiger charge is 2.46. The molecule has 12 N–H and O–H groups in total. The van der Waals surface area contributed by atoms with Crippen molar-refractivity contribution in [2.24, 2.45) is 22.2 Å². The van der Waals surface area contributed by atoms with E-state index in [0.717, 1.165) is 55.5 Å². The first kappa shape index (κ1) is 61.7. The van der Waals surface area contributed by atoms with Crippen LogP contribution in [0.4, 0.5) is 11.4 Å². The van der Waals surface area contributed by atoms with E-state index in [4.69, 9.17) is 17.2 Å². The number of aliphatic carboxylic acids is 1. The van der Waals surface area contributed by atoms with Crippen molar-refractivity contribution in [1.82, 2.24) is 31.9 Å². The first-order valence-corrected chi connectivity index (χ1v) is 28.8. The zero-order valence-electron chi connectivity index (χ0n) is 48.5. The lowest BCUT2D eigenvalue weighted by atomic mass is 9.79. The Bertz CT molecular complexity index is 3510. The summed E-state index contributed by atoms with van der Waals surface area (Å²) in [4.78, 5) is 114. The van der Waals surface area contributed by atoms with Crippen molar-refractivity contribution in [3.63, 3.8) is 0 Å². The molecule has 0 aromatic heterocycles. The van der Waals surface area contributed by atoms with Gasteiger partial charge in [-0.3, -0.25) is 38.6 Å². The molecule has 0 saturated carbocycles. The number of carbonyl (C=O) groups excluding carboxylic acids is 8. The fourth-order valence-corrected chi connectivity index (χ4v) is 11.8. The summed E-state index contributed by atoms with van der Waals surface area (Å²) in [5.74, 6) is -7.01. The number of anilines is 1. The second-order valence-electron chi connectivity index (χ2n) is 22.8. The number of carboxylic acids is 1. The summed E-state index contributed by atoms with van der Waals surface area (Å²) in [6.07, 6.45) is 6.33. The number of amides is 7. The van der Waals surface area contributed by atoms with E-state index in [1.54, 1.807) is 30.3 Å². The highest BCUT2D eigenvalue weighted by atomic mass is 16.4. The Hall–Kier alpha value is -9.40. The van der Waals surface area contributed by atoms with Crippen LogP contribution in [-0.2, 0) is 55.6 Å². The Kier molecular flexibility index (Phi) is 19.8. The molecule has 7 amide bonds. The van der Waals surface area contributed by atoms with Crippen molar-refractivity contribution in [3.8, 4) is 0 Å². The maximum Gasteiger partial charge on any atom is 0.243 e. The largest absolute Gasteiger partial charge is 0.550 e. The first-order chi connectivity index (χ1) is 40.6. The van der Waals surface area contributed by atoms with Crippen LogP contribution in [0.15, 0.2) is 132 Å². The molecular formula is C64H76N12O9. The number of rotatable bonds is 9. The number of nitrogens with two attached hydrogens (primary N) is 3. The zero-order chi connectivity index (χ0) is 61.0. The molecule has 0 unspecified atom stereocenters. The molecule has 0 radical (unpaired) electrons. The van der Waals surface area contributed by atoms with Crippen LogP contribution in [0.2, 0.25) is 0 Å². The molecule has 0 saturated heterocycles. The molecule has 0 spiro atoms. The minimum atomic E-state index is -1.79. The van der Waals surface area contributed by atoms with Crippen LogP contribution < -0.4 is 59.1 Å². The van der Waals surface area contributed by atoms with Gasteiger partial charge in [-0.05, 0) is 96.8 Å². The molecule has 3 heterocycles. The Morgan fingerprint density at radius 3 is 2.04 bits per heavy atom. The van der Waals surface area contributed by atoms with Crippen LogP contribution in [0.25, 0.3) is 21.5 Å². The molecule has 5 aromatic carbocycles. The number of guanidine groups is 1. The number of primary amides is 1. The second-order valence-corrected chi connectivity index (χ2v) is 22.8. The summed E-state index contributed by atoms with van der Waals surface area (Å²) < 4.78 is 2.21. The van der Waals surface area contributed by atoms with Gasteiger partial charge in [-0.1, -0.05) is 105 Å². The van der Waals surface area contributed by atoms with Crippen LogP contribution in [0.3, 0.4) is 0 Å². The van der Waals surface area contributed by atoms with E-state index in [-0.39, 0.29) is 70.0 Å². The third kappa shape index (κ3) is 14.9. The van der Waals surface area contributed by atoms with Crippen molar-refractivity contribution in [2.75, 3.05) is 37.6 Å². The van der Waals surface area contributed by atoms with Crippen LogP contribution in [0.5, 0.6) is 0 Å². The number of allylic oxidation sites excluding steroid dienone is 4. The number of benzene rings is 5. The van der Waals surface area contributed by atoms with Crippen LogP contribution >= 0.6 is 0 Å². The predicted octanol–water partition coefficient (Wildman–Crippen LogP) is 2.66. The molecule has 5 aromatic rings. The van der Waals surface area contributed by atoms with Crippen molar-refractivity contribution in [3.05, 3.63) is 144 Å². The molecular weight excluding hydrogens is 1080 g/mol. The summed E-state index contributed by atoms with van der Waals surface area (Å²) in [6.45, 7) is 8.88. The Morgan fingerprint density at radius 1 is 0.682 bits per heavy atom. The molecule has 0 aliphatic carbocycles. The van der Waals surface area contributed by atoms with Gasteiger partial charge >= 0.3 is 0 Å². The Balaban J connectivity index is 1.13. The maximum atomic E-state index is 14.2. The number of carboxylic acid groups (broad SMARTS) is 1. The standard InChI is InChI=1S/C64H76N12O9/c1-63(2)50-24-14-25-51-64(3,4)57-43-21-11-9-19-41(43)27-29-49(57)76(51)35-31-53(78)71-45(23-15-33-69-62(66)67)59(83)70-38-54(79)72-47(37-55(80)81)61(85)74-46(36-39-16-6-5-7-17-39)60(84)73-44(58(65)82)22-12-13-32-68-52(77)30-34-75(50)48-28-26-40-18-8-10-20-42(40)56(48)63/h5-11,14,16-21,24-29,44-47H,12-13,15,22-23,30-38H2,1-4H3,(H12-,65,66,67,68,69,70,71,72,73,74,77,78,79,80,81,82,83,84,85)/t44-,45-,46+,47-/m0/s1. The smallest absolute Gasteiger partial charge is 0.243 e. The maximum absolute atomic E-state index is 14.2. The van der Waals surface area contributed by atoms with Crippen molar-refractivity contribution >= 4 is 91.9 Å². The third-order valence-electron chi connectivity index (χ3n) is 16.0. The normalized spacial score (nSPS) is 22.2. The van der Waals surface area contributed by atoms with E-state index in [2.05, 4.69) is 135 Å². The van der Waals surface area contributed by atoms with Gasteiger partial charge in [0.25, 0.3) is 0 Å². The number of aliphatic imine (C=N–C) groups is 1. The monoisotopic (exact) mass is 1160 g/mol. The summed E-state index contributed by atoms with van der Waals surface area (Å²) >= 11 is 0. The van der Waals surface area contributed by atoms with Gasteiger partial charge in [0.15, 0.2) is 18.2 Å². The summed E-state index contributed by atoms with van der Waals surface area (Å²) in [7, 11) is 0. The van der Waals surface area contributed by atoms with E-state index < -0.39 is 89.4 Å². The zero-order valence-corrected chi connectivity index (χ0v) is 48.5. The number of nitrogens with zero attached hydrogens (tertiary/aromatic N) is 3. The SMILES string of the molecule is CC1(C)C2=[N+](CCC(=O)NCCCC[C@@H](C(N)=O)NC(=O)[C@@H](Cc3ccccc3)NC(=O)[C@H](CC(=O)[O-])NC(=O)CNC(=O)[C@H](CCCN=C(N)N)NC(=O)CCN3/C(=C/C=C/2)C(C)(C)c2c3ccc3ccccc23)c2ccc3ccccc3c21. The molecule has 85 heavy (non-hydrogen) atoms. The van der Waals surface area contributed by atoms with Crippen LogP contribution in [0, 0.1) is 0 Å². The van der Waals surface area contributed by atoms with Gasteiger partial charge in [0.2, 0.25) is 47.0 Å². The van der Waals surface area contributed by atoms with Crippen molar-refractivity contribution < 1.29 is 48.0 Å². The molecule has 21 nitrogen and oxygen atoms in total. The molecule has 0 bridgehead atoms. The van der Waals surface area contributed by atoms with Crippen LogP contribution in [-0.4, -0.2) is 120 Å². The van der Waals surface area contributed by atoms with E-state index in [9.17, 15) is 43.5 Å². The third-order valence-corrected chi connectivity index (χ3v) is 16.0. The van der Waals surface area contributed by atoms with E-state index in [1.165, 1.54) is 0 Å². The predicted molar refractivity (Wildman–Crippen MR) is 324 cm³/mol. The van der Waals surface area contributed by atoms with Gasteiger partial charge in [0.05, 0.1) is 18.4 Å². The van der Waals surface area contributed by atoms with Gasteiger partial charge in [0, 0.05) is 79.4 Å². The minimum Gasteiger partial charge on any atom is -0.550 e. The topological polar surface area (TPSA) is 328 Å². The molecule has 21 heteroatoms. The lowest BCUT2D eigenvalue weighted by Gasteiger charge is -2.27. The number of carbonyl (C=O) groups is 8. The van der Waals surface area contributed by atoms with Crippen molar-refractivity contribution in [2.45, 2.75) is 120 Å². The molecule has 3 aliphatic rings. The Labute approximate surface area is 494 Å². The lowest BCUT2D eigenvalue weighted by molar-refractivity contribution is -0.436. The van der Waals surface area contributed by atoms with Gasteiger partial charge < -0.3 is 63.9 Å². The molecule has 3 aliphatic heterocycles. The summed E-state index contributed by atoms with van der Waals surface area (Å²) in [5, 5.41) is 32.2. The van der Waals surface area contributed by atoms with E-state index in [0.29, 0.717) is 24.9 Å². The average molecular weight is 1160 g/mol. The minimum absolute atomic E-state index is 0.0468. The number of hydrogen-bond acceptors (Lipinski definition) is 11. The molecule has 4 atom stereocenters. The summed E-state index contributed by atoms with van der Waals surface area (Å²) in [6, 6.07) is 27.7. The number of fused-ring (bicyclic) bond motifs is 9. The number of hydrogen-bond donors (Lipinski definition) is 9. The number of nitrogens with one attached hydrogen (secondary N) is 6. The molecule has 0 fully saturated rings. The van der Waals surface area contributed by atoms with Crippen LogP contribution in [0.1, 0.15) is 95.8 Å². The van der Waals surface area contributed by atoms with Gasteiger partial charge in [-0.25, -0.2) is 0 Å². The average Bonchev–Trinajstić information content (AvgIpc) is 1.71. The highest BCUT2D eigenvalue weighted by molar-refractivity contribution is 6.08. The van der Waals surface area contributed by atoms with E-state index in [1.807, 2.05) is 30.3 Å².